The van der Waals surface area contributed by atoms with Crippen LogP contribution in [-0.2, 0) is 4.79 Å². The molecular weight excluding hydrogens is 246 g/mol. The zero-order chi connectivity index (χ0) is 14.3. The fourth-order valence-electron chi connectivity index (χ4n) is 1.41. The summed E-state index contributed by atoms with van der Waals surface area (Å²) < 4.78 is 0. The summed E-state index contributed by atoms with van der Waals surface area (Å²) in [7, 11) is 0. The van der Waals surface area contributed by atoms with Gasteiger partial charge in [-0.25, -0.2) is 4.79 Å². The van der Waals surface area contributed by atoms with Gasteiger partial charge in [-0.1, -0.05) is 12.1 Å². The van der Waals surface area contributed by atoms with Crippen molar-refractivity contribution in [3.63, 3.8) is 0 Å². The summed E-state index contributed by atoms with van der Waals surface area (Å²) >= 11 is 0. The number of anilines is 1. The van der Waals surface area contributed by atoms with E-state index in [1.165, 1.54) is 13.8 Å². The third kappa shape index (κ3) is 5.67. The van der Waals surface area contributed by atoms with Crippen LogP contribution in [0.3, 0.4) is 0 Å². The van der Waals surface area contributed by atoms with E-state index in [2.05, 4.69) is 16.0 Å². The first-order chi connectivity index (χ1) is 8.99. The minimum Gasteiger partial charge on any atom is -0.355 e. The highest BCUT2D eigenvalue weighted by Gasteiger charge is 2.04. The molecule has 0 aliphatic heterocycles. The number of hydrogen-bond donors (Lipinski definition) is 3. The minimum atomic E-state index is -0.383. The first-order valence-electron chi connectivity index (χ1n) is 5.89. The fraction of sp³-hybridized carbons (Fsp3) is 0.308. The second-order valence-electron chi connectivity index (χ2n) is 4.00. The highest BCUT2D eigenvalue weighted by atomic mass is 16.2. The topological polar surface area (TPSA) is 87.3 Å². The summed E-state index contributed by atoms with van der Waals surface area (Å²) in [6.07, 6.45) is 0. The maximum absolute atomic E-state index is 11.5. The number of Topliss-reactive ketones (excluding diaryl/α,β-unsaturated/α-hetero) is 1. The predicted molar refractivity (Wildman–Crippen MR) is 72.2 cm³/mol. The number of benzene rings is 1. The third-order valence-corrected chi connectivity index (χ3v) is 2.31. The SMILES string of the molecule is CC(=O)NCCNC(=O)Nc1cccc(C(C)=O)c1. The molecule has 0 aliphatic rings. The van der Waals surface area contributed by atoms with Crippen molar-refractivity contribution >= 4 is 23.4 Å². The van der Waals surface area contributed by atoms with E-state index in [1.54, 1.807) is 24.3 Å². The van der Waals surface area contributed by atoms with Crippen molar-refractivity contribution in [3.05, 3.63) is 29.8 Å². The van der Waals surface area contributed by atoms with Crippen molar-refractivity contribution in [2.75, 3.05) is 18.4 Å². The molecule has 0 heterocycles. The molecule has 3 amide bonds. The molecule has 1 aromatic carbocycles. The Morgan fingerprint density at radius 3 is 2.37 bits per heavy atom. The normalized spacial score (nSPS) is 9.58. The molecule has 1 aromatic rings. The molecule has 0 bridgehead atoms. The van der Waals surface area contributed by atoms with Crippen molar-refractivity contribution in [2.24, 2.45) is 0 Å². The number of carbonyl (C=O) groups is 3. The van der Waals surface area contributed by atoms with Crippen molar-refractivity contribution in [1.82, 2.24) is 10.6 Å². The van der Waals surface area contributed by atoms with Crippen LogP contribution < -0.4 is 16.0 Å². The molecule has 6 heteroatoms. The zero-order valence-electron chi connectivity index (χ0n) is 10.9. The van der Waals surface area contributed by atoms with Crippen molar-refractivity contribution < 1.29 is 14.4 Å². The fourth-order valence-corrected chi connectivity index (χ4v) is 1.41. The van der Waals surface area contributed by atoms with Gasteiger partial charge in [0, 0.05) is 31.3 Å². The van der Waals surface area contributed by atoms with E-state index in [9.17, 15) is 14.4 Å². The van der Waals surface area contributed by atoms with E-state index in [0.29, 0.717) is 24.3 Å². The monoisotopic (exact) mass is 263 g/mol. The number of hydrogen-bond acceptors (Lipinski definition) is 3. The Balaban J connectivity index is 2.42. The van der Waals surface area contributed by atoms with E-state index in [4.69, 9.17) is 0 Å². The molecule has 3 N–H and O–H groups in total. The lowest BCUT2D eigenvalue weighted by Gasteiger charge is -2.08. The molecular formula is C13H17N3O3. The lowest BCUT2D eigenvalue weighted by atomic mass is 10.1. The van der Waals surface area contributed by atoms with Crippen LogP contribution >= 0.6 is 0 Å². The van der Waals surface area contributed by atoms with Gasteiger partial charge in [-0.05, 0) is 19.1 Å². The standard InChI is InChI=1S/C13H17N3O3/c1-9(17)11-4-3-5-12(8-11)16-13(19)15-7-6-14-10(2)18/h3-5,8H,6-7H2,1-2H3,(H,14,18)(H2,15,16,19). The molecule has 19 heavy (non-hydrogen) atoms. The number of ketones is 1. The minimum absolute atomic E-state index is 0.0604. The Kier molecular flexibility index (Phi) is 5.53. The summed E-state index contributed by atoms with van der Waals surface area (Å²) in [5.41, 5.74) is 1.08. The molecule has 6 nitrogen and oxygen atoms in total. The maximum atomic E-state index is 11.5. The molecule has 0 aliphatic carbocycles. The molecule has 1 rings (SSSR count). The number of amides is 3. The largest absolute Gasteiger partial charge is 0.355 e. The Morgan fingerprint density at radius 1 is 1.05 bits per heavy atom. The number of urea groups is 1. The summed E-state index contributed by atoms with van der Waals surface area (Å²) in [5, 5.41) is 7.76. The average molecular weight is 263 g/mol. The molecule has 0 fully saturated rings. The quantitative estimate of drug-likeness (QED) is 0.550. The van der Waals surface area contributed by atoms with Crippen LogP contribution in [0.4, 0.5) is 10.5 Å². The summed E-state index contributed by atoms with van der Waals surface area (Å²) in [5.74, 6) is -0.203. The predicted octanol–water partition coefficient (Wildman–Crippen LogP) is 1.15. The number of nitrogens with one attached hydrogen (secondary N) is 3. The van der Waals surface area contributed by atoms with Gasteiger partial charge >= 0.3 is 6.03 Å². The van der Waals surface area contributed by atoms with Gasteiger partial charge in [0.2, 0.25) is 5.91 Å². The van der Waals surface area contributed by atoms with Crippen LogP contribution in [-0.4, -0.2) is 30.8 Å². The second-order valence-corrected chi connectivity index (χ2v) is 4.00. The summed E-state index contributed by atoms with van der Waals surface area (Å²) in [6.45, 7) is 3.58. The van der Waals surface area contributed by atoms with E-state index in [0.717, 1.165) is 0 Å². The molecule has 0 saturated carbocycles. The molecule has 0 aromatic heterocycles. The van der Waals surface area contributed by atoms with Gasteiger partial charge in [0.15, 0.2) is 5.78 Å². The molecule has 0 spiro atoms. The van der Waals surface area contributed by atoms with Crippen LogP contribution in [0.5, 0.6) is 0 Å². The van der Waals surface area contributed by atoms with Gasteiger partial charge in [0.25, 0.3) is 0 Å². The van der Waals surface area contributed by atoms with E-state index in [1.807, 2.05) is 0 Å². The van der Waals surface area contributed by atoms with Crippen molar-refractivity contribution in [3.8, 4) is 0 Å². The van der Waals surface area contributed by atoms with Gasteiger partial charge in [0.1, 0.15) is 0 Å². The molecule has 0 radical (unpaired) electrons. The van der Waals surface area contributed by atoms with Gasteiger partial charge in [-0.15, -0.1) is 0 Å². The Bertz CT molecular complexity index is 486. The second kappa shape index (κ2) is 7.15. The zero-order valence-corrected chi connectivity index (χ0v) is 10.9. The van der Waals surface area contributed by atoms with Crippen molar-refractivity contribution in [2.45, 2.75) is 13.8 Å². The Morgan fingerprint density at radius 2 is 1.74 bits per heavy atom. The Hall–Kier alpha value is -2.37. The van der Waals surface area contributed by atoms with Gasteiger partial charge in [-0.3, -0.25) is 9.59 Å². The first kappa shape index (κ1) is 14.7. The lowest BCUT2D eigenvalue weighted by Crippen LogP contribution is -2.36. The van der Waals surface area contributed by atoms with Crippen LogP contribution in [0.25, 0.3) is 0 Å². The highest BCUT2D eigenvalue weighted by Crippen LogP contribution is 2.10. The van der Waals surface area contributed by atoms with Crippen LogP contribution in [0.2, 0.25) is 0 Å². The van der Waals surface area contributed by atoms with Crippen LogP contribution in [0.15, 0.2) is 24.3 Å². The average Bonchev–Trinajstić information content (AvgIpc) is 2.34. The van der Waals surface area contributed by atoms with E-state index < -0.39 is 0 Å². The summed E-state index contributed by atoms with van der Waals surface area (Å²) in [6, 6.07) is 6.30. The lowest BCUT2D eigenvalue weighted by molar-refractivity contribution is -0.118. The number of rotatable bonds is 5. The molecule has 0 saturated heterocycles. The molecule has 0 unspecified atom stereocenters. The van der Waals surface area contributed by atoms with Crippen LogP contribution in [0, 0.1) is 0 Å². The van der Waals surface area contributed by atoms with Crippen LogP contribution in [0.1, 0.15) is 24.2 Å². The van der Waals surface area contributed by atoms with E-state index >= 15 is 0 Å². The third-order valence-electron chi connectivity index (χ3n) is 2.31. The highest BCUT2D eigenvalue weighted by molar-refractivity contribution is 5.96. The van der Waals surface area contributed by atoms with Gasteiger partial charge in [-0.2, -0.15) is 0 Å². The Labute approximate surface area is 111 Å². The van der Waals surface area contributed by atoms with Gasteiger partial charge < -0.3 is 16.0 Å². The molecule has 102 valence electrons. The van der Waals surface area contributed by atoms with E-state index in [-0.39, 0.29) is 17.7 Å². The van der Waals surface area contributed by atoms with Gasteiger partial charge in [0.05, 0.1) is 0 Å². The first-order valence-corrected chi connectivity index (χ1v) is 5.89. The summed E-state index contributed by atoms with van der Waals surface area (Å²) in [4.78, 5) is 33.3. The molecule has 0 atom stereocenters. The smallest absolute Gasteiger partial charge is 0.319 e. The number of carbonyl (C=O) groups excluding carboxylic acids is 3. The maximum Gasteiger partial charge on any atom is 0.319 e. The van der Waals surface area contributed by atoms with Crippen molar-refractivity contribution in [1.29, 1.82) is 0 Å².